The third-order valence-corrected chi connectivity index (χ3v) is 6.21. The van der Waals surface area contributed by atoms with Crippen LogP contribution >= 0.6 is 0 Å². The number of benzene rings is 2. The molecule has 0 spiro atoms. The van der Waals surface area contributed by atoms with E-state index in [0.29, 0.717) is 0 Å². The summed E-state index contributed by atoms with van der Waals surface area (Å²) in [7, 11) is 2.19. The standard InChI is InChI=1S/C30H39N2/c1-11-21(2)25(19-22(3)23-15-13-12-14-16-23)28-31(10)27-20-24(29(4,5)6)17-18-26(27)32(28)30(7,8)9/h11-20H,1H2,2-10H3/q+1/b22-19+,25-21+. The number of imidazole rings is 1. The second-order valence-corrected chi connectivity index (χ2v) is 10.8. The van der Waals surface area contributed by atoms with Gasteiger partial charge in [0.05, 0.1) is 12.6 Å². The molecular weight excluding hydrogens is 388 g/mol. The van der Waals surface area contributed by atoms with Gasteiger partial charge in [0.25, 0.3) is 5.82 Å². The average molecular weight is 428 g/mol. The Morgan fingerprint density at radius 3 is 2.09 bits per heavy atom. The van der Waals surface area contributed by atoms with Gasteiger partial charge in [-0.2, -0.15) is 0 Å². The highest BCUT2D eigenvalue weighted by Crippen LogP contribution is 2.33. The topological polar surface area (TPSA) is 8.81 Å². The largest absolute Gasteiger partial charge is 0.290 e. The minimum absolute atomic E-state index is 0.0840. The molecule has 0 amide bonds. The molecule has 2 nitrogen and oxygen atoms in total. The van der Waals surface area contributed by atoms with E-state index in [-0.39, 0.29) is 11.0 Å². The van der Waals surface area contributed by atoms with Crippen LogP contribution in [0.3, 0.4) is 0 Å². The third-order valence-electron chi connectivity index (χ3n) is 6.21. The maximum Gasteiger partial charge on any atom is 0.290 e. The second-order valence-electron chi connectivity index (χ2n) is 10.8. The molecule has 0 saturated carbocycles. The highest BCUT2D eigenvalue weighted by Gasteiger charge is 2.34. The van der Waals surface area contributed by atoms with Crippen molar-refractivity contribution in [3.8, 4) is 0 Å². The fourth-order valence-corrected chi connectivity index (χ4v) is 4.27. The van der Waals surface area contributed by atoms with Crippen molar-refractivity contribution in [2.45, 2.75) is 66.3 Å². The lowest BCUT2D eigenvalue weighted by Crippen LogP contribution is -2.36. The summed E-state index contributed by atoms with van der Waals surface area (Å²) in [5.41, 5.74) is 8.71. The average Bonchev–Trinajstić information content (AvgIpc) is 3.03. The van der Waals surface area contributed by atoms with Crippen LogP contribution < -0.4 is 4.57 Å². The van der Waals surface area contributed by atoms with Gasteiger partial charge in [-0.05, 0) is 80.5 Å². The van der Waals surface area contributed by atoms with E-state index >= 15 is 0 Å². The van der Waals surface area contributed by atoms with Gasteiger partial charge < -0.3 is 0 Å². The molecule has 2 heteroatoms. The second kappa shape index (κ2) is 8.58. The van der Waals surface area contributed by atoms with Gasteiger partial charge in [-0.15, -0.1) is 0 Å². The molecule has 3 rings (SSSR count). The summed E-state index contributed by atoms with van der Waals surface area (Å²) in [6, 6.07) is 17.5. The maximum atomic E-state index is 4.10. The fraction of sp³-hybridized carbons (Fsp3) is 0.367. The minimum atomic E-state index is -0.0840. The van der Waals surface area contributed by atoms with Gasteiger partial charge in [-0.1, -0.05) is 69.8 Å². The van der Waals surface area contributed by atoms with Gasteiger partial charge in [0.2, 0.25) is 0 Å². The number of allylic oxidation sites excluding steroid dienone is 5. The summed E-state index contributed by atoms with van der Waals surface area (Å²) in [6.45, 7) is 22.1. The Kier molecular flexibility index (Phi) is 6.38. The Labute approximate surface area is 194 Å². The van der Waals surface area contributed by atoms with Crippen LogP contribution in [0, 0.1) is 0 Å². The first-order valence-electron chi connectivity index (χ1n) is 11.5. The van der Waals surface area contributed by atoms with Gasteiger partial charge in [0.15, 0.2) is 11.0 Å². The molecule has 0 N–H and O–H groups in total. The number of rotatable bonds is 4. The molecule has 0 unspecified atom stereocenters. The minimum Gasteiger partial charge on any atom is -0.226 e. The van der Waals surface area contributed by atoms with Crippen LogP contribution in [0.15, 0.2) is 72.8 Å². The molecular formula is C30H39N2+. The van der Waals surface area contributed by atoms with E-state index in [0.717, 1.165) is 0 Å². The van der Waals surface area contributed by atoms with Gasteiger partial charge in [0.1, 0.15) is 5.54 Å². The van der Waals surface area contributed by atoms with Crippen molar-refractivity contribution in [1.82, 2.24) is 4.57 Å². The monoisotopic (exact) mass is 427 g/mol. The maximum absolute atomic E-state index is 4.10. The predicted octanol–water partition coefficient (Wildman–Crippen LogP) is 7.58. The van der Waals surface area contributed by atoms with E-state index in [9.17, 15) is 0 Å². The molecule has 0 atom stereocenters. The molecule has 1 aromatic heterocycles. The van der Waals surface area contributed by atoms with E-state index in [1.807, 2.05) is 6.08 Å². The highest BCUT2D eigenvalue weighted by atomic mass is 15.2. The highest BCUT2D eigenvalue weighted by molar-refractivity contribution is 5.86. The number of fused-ring (bicyclic) bond motifs is 1. The molecule has 0 aliphatic heterocycles. The molecule has 32 heavy (non-hydrogen) atoms. The van der Waals surface area contributed by atoms with Crippen LogP contribution in [-0.2, 0) is 18.0 Å². The fourth-order valence-electron chi connectivity index (χ4n) is 4.27. The lowest BCUT2D eigenvalue weighted by molar-refractivity contribution is -0.648. The third kappa shape index (κ3) is 4.50. The summed E-state index contributed by atoms with van der Waals surface area (Å²) in [4.78, 5) is 0. The first-order valence-corrected chi connectivity index (χ1v) is 11.5. The van der Waals surface area contributed by atoms with Crippen LogP contribution in [0.5, 0.6) is 0 Å². The van der Waals surface area contributed by atoms with E-state index < -0.39 is 0 Å². The van der Waals surface area contributed by atoms with Crippen LogP contribution in [0.25, 0.3) is 22.2 Å². The number of aryl methyl sites for hydroxylation is 1. The van der Waals surface area contributed by atoms with E-state index in [1.54, 1.807) is 0 Å². The quantitative estimate of drug-likeness (QED) is 0.300. The zero-order valence-corrected chi connectivity index (χ0v) is 21.4. The lowest BCUT2D eigenvalue weighted by Gasteiger charge is -2.20. The number of hydrogen-bond acceptors (Lipinski definition) is 0. The summed E-state index contributed by atoms with van der Waals surface area (Å²) in [6.07, 6.45) is 4.28. The van der Waals surface area contributed by atoms with Crippen LogP contribution in [0.2, 0.25) is 0 Å². The van der Waals surface area contributed by atoms with Gasteiger partial charge in [-0.25, -0.2) is 9.13 Å². The number of hydrogen-bond donors (Lipinski definition) is 0. The molecule has 0 aliphatic carbocycles. The summed E-state index contributed by atoms with van der Waals surface area (Å²) >= 11 is 0. The zero-order valence-electron chi connectivity index (χ0n) is 21.4. The molecule has 0 bridgehead atoms. The number of aromatic nitrogens is 2. The Hall–Kier alpha value is -2.87. The van der Waals surface area contributed by atoms with E-state index in [4.69, 9.17) is 0 Å². The molecule has 0 fully saturated rings. The summed E-state index contributed by atoms with van der Waals surface area (Å²) < 4.78 is 4.83. The first-order chi connectivity index (χ1) is 14.9. The van der Waals surface area contributed by atoms with Crippen molar-refractivity contribution in [2.24, 2.45) is 7.05 Å². The van der Waals surface area contributed by atoms with E-state index in [2.05, 4.69) is 133 Å². The predicted molar refractivity (Wildman–Crippen MR) is 140 cm³/mol. The Morgan fingerprint density at radius 1 is 0.938 bits per heavy atom. The van der Waals surface area contributed by atoms with Crippen molar-refractivity contribution in [2.75, 3.05) is 0 Å². The first kappa shape index (κ1) is 23.8. The Bertz CT molecular complexity index is 1200. The SMILES string of the molecule is C=C/C(C)=C(\C=C(/C)c1ccccc1)c1n(C(C)(C)C)c2ccc(C(C)(C)C)cc2[n+]1C. The summed E-state index contributed by atoms with van der Waals surface area (Å²) in [5, 5.41) is 0. The van der Waals surface area contributed by atoms with Crippen molar-refractivity contribution in [1.29, 1.82) is 0 Å². The van der Waals surface area contributed by atoms with Gasteiger partial charge >= 0.3 is 0 Å². The van der Waals surface area contributed by atoms with Crippen molar-refractivity contribution < 1.29 is 4.57 Å². The zero-order chi connectivity index (χ0) is 23.8. The van der Waals surface area contributed by atoms with Crippen LogP contribution in [0.1, 0.15) is 72.3 Å². The molecule has 0 saturated heterocycles. The molecule has 2 aromatic carbocycles. The van der Waals surface area contributed by atoms with E-state index in [1.165, 1.54) is 44.7 Å². The van der Waals surface area contributed by atoms with Crippen LogP contribution in [-0.4, -0.2) is 4.57 Å². The Morgan fingerprint density at radius 2 is 1.56 bits per heavy atom. The van der Waals surface area contributed by atoms with Crippen LogP contribution in [0.4, 0.5) is 0 Å². The summed E-state index contributed by atoms with van der Waals surface area (Å²) in [5.74, 6) is 1.20. The van der Waals surface area contributed by atoms with Crippen molar-refractivity contribution in [3.05, 3.63) is 89.8 Å². The molecule has 1 heterocycles. The van der Waals surface area contributed by atoms with Gasteiger partial charge in [-0.3, -0.25) is 0 Å². The normalized spacial score (nSPS) is 14.0. The molecule has 168 valence electrons. The molecule has 0 radical (unpaired) electrons. The smallest absolute Gasteiger partial charge is 0.226 e. The van der Waals surface area contributed by atoms with Gasteiger partial charge in [0, 0.05) is 0 Å². The molecule has 0 aliphatic rings. The van der Waals surface area contributed by atoms with Crippen molar-refractivity contribution >= 4 is 22.2 Å². The molecule has 3 aromatic rings. The Balaban J connectivity index is 2.40. The lowest BCUT2D eigenvalue weighted by atomic mass is 9.87. The van der Waals surface area contributed by atoms with Crippen molar-refractivity contribution in [3.63, 3.8) is 0 Å². The number of nitrogens with zero attached hydrogens (tertiary/aromatic N) is 2.